The van der Waals surface area contributed by atoms with Gasteiger partial charge in [0.2, 0.25) is 0 Å². The molecule has 0 radical (unpaired) electrons. The normalized spacial score (nSPS) is 11.8. The third-order valence-electron chi connectivity index (χ3n) is 4.40. The molecule has 0 bridgehead atoms. The molecular weight excluding hydrogens is 320 g/mol. The number of fused-ring (bicyclic) bond motifs is 1. The van der Waals surface area contributed by atoms with Crippen LogP contribution >= 0.6 is 0 Å². The molecule has 0 unspecified atom stereocenters. The van der Waals surface area contributed by atoms with Crippen LogP contribution < -0.4 is 0 Å². The lowest BCUT2D eigenvalue weighted by molar-refractivity contribution is 0.121. The van der Waals surface area contributed by atoms with Crippen LogP contribution in [0.1, 0.15) is 16.8 Å². The summed E-state index contributed by atoms with van der Waals surface area (Å²) in [7, 11) is 0. The number of nitrogens with one attached hydrogen (secondary N) is 1. The Bertz CT molecular complexity index is 976. The molecule has 0 aliphatic rings. The van der Waals surface area contributed by atoms with Crippen LogP contribution in [0.2, 0.25) is 0 Å². The van der Waals surface area contributed by atoms with Crippen LogP contribution in [-0.4, -0.2) is 10.1 Å². The summed E-state index contributed by atoms with van der Waals surface area (Å²) in [5, 5.41) is 12.5. The first-order valence-electron chi connectivity index (χ1n) is 7.90. The Labute approximate surface area is 143 Å². The van der Waals surface area contributed by atoms with Gasteiger partial charge in [-0.2, -0.15) is 0 Å². The number of rotatable bonds is 3. The maximum atomic E-state index is 13.8. The molecule has 3 aromatic carbocycles. The van der Waals surface area contributed by atoms with Crippen molar-refractivity contribution >= 4 is 10.9 Å². The predicted octanol–water partition coefficient (Wildman–Crippen LogP) is 4.73. The number of hydrogen-bond acceptors (Lipinski definition) is 1. The number of para-hydroxylation sites is 1. The molecule has 2 nitrogen and oxygen atoms in total. The first kappa shape index (κ1) is 15.5. The van der Waals surface area contributed by atoms with Gasteiger partial charge in [-0.3, -0.25) is 0 Å². The van der Waals surface area contributed by atoms with Gasteiger partial charge in [-0.25, -0.2) is 8.78 Å². The van der Waals surface area contributed by atoms with E-state index in [4.69, 9.17) is 0 Å². The minimum absolute atomic E-state index is 0.324. The Morgan fingerprint density at radius 1 is 0.720 bits per heavy atom. The van der Waals surface area contributed by atoms with Crippen molar-refractivity contribution < 1.29 is 13.9 Å². The number of H-pyrrole nitrogens is 1. The van der Waals surface area contributed by atoms with E-state index in [1.165, 1.54) is 36.4 Å². The lowest BCUT2D eigenvalue weighted by Crippen LogP contribution is -2.29. The molecule has 1 heterocycles. The average molecular weight is 335 g/mol. The summed E-state index contributed by atoms with van der Waals surface area (Å²) >= 11 is 0. The molecule has 2 N–H and O–H groups in total. The highest BCUT2D eigenvalue weighted by atomic mass is 19.1. The molecule has 124 valence electrons. The smallest absolute Gasteiger partial charge is 0.155 e. The Morgan fingerprint density at radius 3 is 1.88 bits per heavy atom. The number of aliphatic hydroxyl groups is 1. The fourth-order valence-corrected chi connectivity index (χ4v) is 3.17. The van der Waals surface area contributed by atoms with Crippen molar-refractivity contribution in [3.8, 4) is 0 Å². The second kappa shape index (κ2) is 5.83. The van der Waals surface area contributed by atoms with E-state index in [2.05, 4.69) is 4.98 Å². The van der Waals surface area contributed by atoms with Gasteiger partial charge in [0, 0.05) is 5.52 Å². The van der Waals surface area contributed by atoms with Gasteiger partial charge in [-0.05, 0) is 52.9 Å². The van der Waals surface area contributed by atoms with Crippen LogP contribution in [0.25, 0.3) is 10.9 Å². The van der Waals surface area contributed by atoms with Gasteiger partial charge >= 0.3 is 0 Å². The monoisotopic (exact) mass is 335 g/mol. The van der Waals surface area contributed by atoms with E-state index in [0.717, 1.165) is 10.9 Å². The van der Waals surface area contributed by atoms with Crippen LogP contribution in [0.4, 0.5) is 8.78 Å². The van der Waals surface area contributed by atoms with E-state index >= 15 is 0 Å². The van der Waals surface area contributed by atoms with Gasteiger partial charge in [0.05, 0.1) is 5.69 Å². The molecular formula is C21H15F2NO. The number of hydrogen-bond donors (Lipinski definition) is 2. The predicted molar refractivity (Wildman–Crippen MR) is 93.2 cm³/mol. The molecule has 4 rings (SSSR count). The number of aromatic amines is 1. The van der Waals surface area contributed by atoms with Gasteiger partial charge in [0.1, 0.15) is 11.6 Å². The summed E-state index contributed by atoms with van der Waals surface area (Å²) in [6.07, 6.45) is 0. The van der Waals surface area contributed by atoms with Crippen molar-refractivity contribution in [1.82, 2.24) is 4.98 Å². The number of benzene rings is 3. The van der Waals surface area contributed by atoms with Crippen molar-refractivity contribution in [2.24, 2.45) is 0 Å². The molecule has 0 saturated heterocycles. The lowest BCUT2D eigenvalue weighted by atomic mass is 9.83. The SMILES string of the molecule is OC(c1cccc(F)c1)(c1cccc(F)c1)c1cc2ccccc2[nH]1. The molecule has 25 heavy (non-hydrogen) atoms. The highest BCUT2D eigenvalue weighted by Crippen LogP contribution is 2.38. The fourth-order valence-electron chi connectivity index (χ4n) is 3.17. The van der Waals surface area contributed by atoms with Gasteiger partial charge in [-0.1, -0.05) is 42.5 Å². The van der Waals surface area contributed by atoms with Crippen LogP contribution in [0, 0.1) is 11.6 Å². The second-order valence-corrected chi connectivity index (χ2v) is 6.00. The minimum Gasteiger partial charge on any atom is -0.375 e. The molecule has 0 saturated carbocycles. The quantitative estimate of drug-likeness (QED) is 0.558. The van der Waals surface area contributed by atoms with Crippen molar-refractivity contribution in [2.75, 3.05) is 0 Å². The van der Waals surface area contributed by atoms with E-state index < -0.39 is 17.2 Å². The molecule has 0 fully saturated rings. The fraction of sp³-hybridized carbons (Fsp3) is 0.0476. The van der Waals surface area contributed by atoms with Crippen molar-refractivity contribution in [2.45, 2.75) is 5.60 Å². The van der Waals surface area contributed by atoms with E-state index in [1.807, 2.05) is 24.3 Å². The van der Waals surface area contributed by atoms with Crippen LogP contribution in [-0.2, 0) is 5.60 Å². The second-order valence-electron chi connectivity index (χ2n) is 6.00. The van der Waals surface area contributed by atoms with Crippen LogP contribution in [0.15, 0.2) is 78.9 Å². The zero-order valence-corrected chi connectivity index (χ0v) is 13.2. The largest absolute Gasteiger partial charge is 0.375 e. The maximum Gasteiger partial charge on any atom is 0.155 e. The molecule has 0 spiro atoms. The standard InChI is InChI=1S/C21H15F2NO/c22-17-8-3-6-15(12-17)21(25,16-7-4-9-18(23)13-16)20-11-14-5-1-2-10-19(14)24-20/h1-13,24-25H. The van der Waals surface area contributed by atoms with Crippen molar-refractivity contribution in [3.05, 3.63) is 107 Å². The van der Waals surface area contributed by atoms with Crippen molar-refractivity contribution in [1.29, 1.82) is 0 Å². The molecule has 1 aromatic heterocycles. The topological polar surface area (TPSA) is 36.0 Å². The lowest BCUT2D eigenvalue weighted by Gasteiger charge is -2.28. The van der Waals surface area contributed by atoms with Crippen LogP contribution in [0.5, 0.6) is 0 Å². The number of halogens is 2. The van der Waals surface area contributed by atoms with Gasteiger partial charge in [0.15, 0.2) is 5.60 Å². The average Bonchev–Trinajstić information content (AvgIpc) is 3.05. The Morgan fingerprint density at radius 2 is 1.32 bits per heavy atom. The first-order chi connectivity index (χ1) is 12.1. The zero-order valence-electron chi connectivity index (χ0n) is 13.2. The summed E-state index contributed by atoms with van der Waals surface area (Å²) in [6, 6.07) is 20.8. The Hall–Kier alpha value is -2.98. The molecule has 4 aromatic rings. The molecule has 0 aliphatic heterocycles. The summed E-state index contributed by atoms with van der Waals surface area (Å²) in [5.74, 6) is -0.938. The molecule has 0 atom stereocenters. The van der Waals surface area contributed by atoms with Gasteiger partial charge < -0.3 is 10.1 Å². The van der Waals surface area contributed by atoms with Gasteiger partial charge in [0.25, 0.3) is 0 Å². The molecule has 0 amide bonds. The first-order valence-corrected chi connectivity index (χ1v) is 7.90. The Kier molecular flexibility index (Phi) is 3.62. The van der Waals surface area contributed by atoms with Crippen molar-refractivity contribution in [3.63, 3.8) is 0 Å². The minimum atomic E-state index is -1.71. The van der Waals surface area contributed by atoms with Gasteiger partial charge in [-0.15, -0.1) is 0 Å². The maximum absolute atomic E-state index is 13.8. The third kappa shape index (κ3) is 2.61. The molecule has 4 heteroatoms. The third-order valence-corrected chi connectivity index (χ3v) is 4.40. The van der Waals surface area contributed by atoms with E-state index in [-0.39, 0.29) is 0 Å². The summed E-state index contributed by atoms with van der Waals surface area (Å²) < 4.78 is 27.6. The van der Waals surface area contributed by atoms with E-state index in [9.17, 15) is 13.9 Å². The zero-order chi connectivity index (χ0) is 17.4. The number of aromatic nitrogens is 1. The Balaban J connectivity index is 2.01. The highest BCUT2D eigenvalue weighted by Gasteiger charge is 2.36. The highest BCUT2D eigenvalue weighted by molar-refractivity contribution is 5.81. The van der Waals surface area contributed by atoms with Crippen LogP contribution in [0.3, 0.4) is 0 Å². The summed E-state index contributed by atoms with van der Waals surface area (Å²) in [6.45, 7) is 0. The summed E-state index contributed by atoms with van der Waals surface area (Å²) in [4.78, 5) is 3.18. The summed E-state index contributed by atoms with van der Waals surface area (Å²) in [5.41, 5.74) is 0.228. The van der Waals surface area contributed by atoms with E-state index in [1.54, 1.807) is 18.2 Å². The molecule has 0 aliphatic carbocycles. The van der Waals surface area contributed by atoms with E-state index in [0.29, 0.717) is 16.8 Å².